The Morgan fingerprint density at radius 3 is 2.77 bits per heavy atom. The molecule has 0 saturated heterocycles. The minimum absolute atomic E-state index is 0.377. The van der Waals surface area contributed by atoms with Gasteiger partial charge in [0.2, 0.25) is 11.5 Å². The van der Waals surface area contributed by atoms with Crippen LogP contribution in [0.25, 0.3) is 0 Å². The molecular weight excluding hydrogens is 170 g/mol. The van der Waals surface area contributed by atoms with E-state index in [-0.39, 0.29) is 0 Å². The Labute approximate surface area is 75.2 Å². The minimum atomic E-state index is -0.992. The lowest BCUT2D eigenvalue weighted by atomic mass is 10.3. The van der Waals surface area contributed by atoms with Crippen LogP contribution in [0.3, 0.4) is 0 Å². The Bertz CT molecular complexity index is 319. The van der Waals surface area contributed by atoms with Gasteiger partial charge in [0.15, 0.2) is 0 Å². The number of nitrogens with zero attached hydrogens (tertiary/aromatic N) is 1. The van der Waals surface area contributed by atoms with Crippen molar-refractivity contribution >= 4 is 5.97 Å². The first-order valence-electron chi connectivity index (χ1n) is 4.06. The zero-order chi connectivity index (χ0) is 9.31. The van der Waals surface area contributed by atoms with E-state index in [1.807, 2.05) is 0 Å². The normalized spacial score (nSPS) is 17.8. The summed E-state index contributed by atoms with van der Waals surface area (Å²) >= 11 is 0. The lowest BCUT2D eigenvalue weighted by molar-refractivity contribution is -0.147. The third kappa shape index (κ3) is 1.47. The average molecular weight is 179 g/mol. The van der Waals surface area contributed by atoms with Crippen molar-refractivity contribution in [3.8, 4) is 5.88 Å². The molecule has 0 bridgehead atoms. The molecule has 0 unspecified atom stereocenters. The summed E-state index contributed by atoms with van der Waals surface area (Å²) in [5.41, 5.74) is -0.992. The Morgan fingerprint density at radius 1 is 1.54 bits per heavy atom. The number of rotatable bonds is 3. The van der Waals surface area contributed by atoms with Gasteiger partial charge in [-0.2, -0.15) is 0 Å². The highest BCUT2D eigenvalue weighted by Gasteiger charge is 2.53. The molecule has 1 heterocycles. The van der Waals surface area contributed by atoms with Crippen LogP contribution in [0.1, 0.15) is 12.8 Å². The maximum Gasteiger partial charge on any atom is 0.348 e. The second-order valence-electron chi connectivity index (χ2n) is 3.07. The molecule has 1 aliphatic rings. The highest BCUT2D eigenvalue weighted by molar-refractivity contribution is 5.81. The van der Waals surface area contributed by atoms with Crippen LogP contribution in [0.4, 0.5) is 0 Å². The van der Waals surface area contributed by atoms with Crippen LogP contribution in [0.5, 0.6) is 5.88 Å². The number of ether oxygens (including phenoxy) is 1. The maximum atomic E-state index is 10.7. The number of aromatic nitrogens is 1. The quantitative estimate of drug-likeness (QED) is 0.754. The van der Waals surface area contributed by atoms with E-state index in [2.05, 4.69) is 4.98 Å². The third-order valence-electron chi connectivity index (χ3n) is 2.03. The topological polar surface area (TPSA) is 59.4 Å². The standard InChI is InChI=1S/C9H9NO3/c11-8(12)9(4-5-9)13-7-3-1-2-6-10-7/h1-3,6H,4-5H2,(H,11,12). The van der Waals surface area contributed by atoms with Gasteiger partial charge in [-0.15, -0.1) is 0 Å². The van der Waals surface area contributed by atoms with Crippen molar-refractivity contribution in [2.75, 3.05) is 0 Å². The Kier molecular flexibility index (Phi) is 1.69. The molecule has 1 N–H and O–H groups in total. The van der Waals surface area contributed by atoms with Crippen LogP contribution in [0.15, 0.2) is 24.4 Å². The minimum Gasteiger partial charge on any atom is -0.478 e. The summed E-state index contributed by atoms with van der Waals surface area (Å²) in [6.45, 7) is 0. The zero-order valence-corrected chi connectivity index (χ0v) is 6.93. The van der Waals surface area contributed by atoms with E-state index in [9.17, 15) is 4.79 Å². The molecule has 1 aromatic heterocycles. The lowest BCUT2D eigenvalue weighted by Crippen LogP contribution is -2.29. The molecule has 4 nitrogen and oxygen atoms in total. The monoisotopic (exact) mass is 179 g/mol. The van der Waals surface area contributed by atoms with Crippen molar-refractivity contribution in [2.45, 2.75) is 18.4 Å². The molecule has 0 atom stereocenters. The third-order valence-corrected chi connectivity index (χ3v) is 2.03. The Hall–Kier alpha value is -1.58. The van der Waals surface area contributed by atoms with Crippen LogP contribution in [-0.4, -0.2) is 21.7 Å². The van der Waals surface area contributed by atoms with E-state index in [1.54, 1.807) is 24.4 Å². The van der Waals surface area contributed by atoms with Gasteiger partial charge in [0, 0.05) is 25.1 Å². The summed E-state index contributed by atoms with van der Waals surface area (Å²) in [5, 5.41) is 8.81. The smallest absolute Gasteiger partial charge is 0.348 e. The summed E-state index contributed by atoms with van der Waals surface area (Å²) in [6.07, 6.45) is 2.71. The number of pyridine rings is 1. The van der Waals surface area contributed by atoms with Gasteiger partial charge in [-0.25, -0.2) is 9.78 Å². The highest BCUT2D eigenvalue weighted by Crippen LogP contribution is 2.39. The van der Waals surface area contributed by atoms with Crippen molar-refractivity contribution < 1.29 is 14.6 Å². The van der Waals surface area contributed by atoms with E-state index in [1.165, 1.54) is 0 Å². The number of carboxylic acids is 1. The second kappa shape index (κ2) is 2.73. The number of carbonyl (C=O) groups is 1. The first kappa shape index (κ1) is 8.04. The molecule has 0 aliphatic heterocycles. The summed E-state index contributed by atoms with van der Waals surface area (Å²) in [5.74, 6) is -0.527. The fourth-order valence-corrected chi connectivity index (χ4v) is 1.08. The van der Waals surface area contributed by atoms with Crippen molar-refractivity contribution in [2.24, 2.45) is 0 Å². The number of aliphatic carboxylic acids is 1. The van der Waals surface area contributed by atoms with Crippen molar-refractivity contribution in [1.29, 1.82) is 0 Å². The van der Waals surface area contributed by atoms with Gasteiger partial charge in [0.1, 0.15) is 0 Å². The van der Waals surface area contributed by atoms with E-state index >= 15 is 0 Å². The zero-order valence-electron chi connectivity index (χ0n) is 6.93. The van der Waals surface area contributed by atoms with Gasteiger partial charge < -0.3 is 9.84 Å². The van der Waals surface area contributed by atoms with Crippen LogP contribution < -0.4 is 4.74 Å². The molecule has 68 valence electrons. The predicted molar refractivity (Wildman–Crippen MR) is 44.5 cm³/mol. The number of carboxylic acid groups (broad SMARTS) is 1. The molecule has 0 spiro atoms. The maximum absolute atomic E-state index is 10.7. The van der Waals surface area contributed by atoms with E-state index < -0.39 is 11.6 Å². The molecule has 1 aliphatic carbocycles. The number of hydrogen-bond donors (Lipinski definition) is 1. The van der Waals surface area contributed by atoms with E-state index in [0.29, 0.717) is 18.7 Å². The molecule has 2 rings (SSSR count). The molecule has 13 heavy (non-hydrogen) atoms. The van der Waals surface area contributed by atoms with Gasteiger partial charge in [0.25, 0.3) is 0 Å². The Balaban J connectivity index is 2.11. The first-order chi connectivity index (χ1) is 6.23. The van der Waals surface area contributed by atoms with Crippen LogP contribution >= 0.6 is 0 Å². The average Bonchev–Trinajstić information content (AvgIpc) is 2.87. The largest absolute Gasteiger partial charge is 0.478 e. The molecule has 4 heteroatoms. The number of hydrogen-bond acceptors (Lipinski definition) is 3. The van der Waals surface area contributed by atoms with Crippen LogP contribution in [-0.2, 0) is 4.79 Å². The van der Waals surface area contributed by atoms with Gasteiger partial charge in [-0.1, -0.05) is 6.07 Å². The SMILES string of the molecule is O=C(O)C1(Oc2ccccn2)CC1. The predicted octanol–water partition coefficient (Wildman–Crippen LogP) is 1.08. The fraction of sp³-hybridized carbons (Fsp3) is 0.333. The fourth-order valence-electron chi connectivity index (χ4n) is 1.08. The van der Waals surface area contributed by atoms with Crippen LogP contribution in [0, 0.1) is 0 Å². The molecule has 0 radical (unpaired) electrons. The van der Waals surface area contributed by atoms with Gasteiger partial charge in [-0.05, 0) is 6.07 Å². The van der Waals surface area contributed by atoms with Gasteiger partial charge >= 0.3 is 5.97 Å². The molecule has 1 aromatic rings. The molecular formula is C9H9NO3. The van der Waals surface area contributed by atoms with E-state index in [4.69, 9.17) is 9.84 Å². The van der Waals surface area contributed by atoms with Gasteiger partial charge in [0.05, 0.1) is 0 Å². The van der Waals surface area contributed by atoms with Gasteiger partial charge in [-0.3, -0.25) is 0 Å². The summed E-state index contributed by atoms with van der Waals surface area (Å²) in [7, 11) is 0. The molecule has 1 saturated carbocycles. The van der Waals surface area contributed by atoms with Crippen molar-refractivity contribution in [1.82, 2.24) is 4.98 Å². The van der Waals surface area contributed by atoms with Crippen molar-refractivity contribution in [3.05, 3.63) is 24.4 Å². The molecule has 1 fully saturated rings. The van der Waals surface area contributed by atoms with Crippen molar-refractivity contribution in [3.63, 3.8) is 0 Å². The Morgan fingerprint density at radius 2 is 2.31 bits per heavy atom. The molecule has 0 aromatic carbocycles. The van der Waals surface area contributed by atoms with E-state index in [0.717, 1.165) is 0 Å². The van der Waals surface area contributed by atoms with Crippen LogP contribution in [0.2, 0.25) is 0 Å². The lowest BCUT2D eigenvalue weighted by Gasteiger charge is -2.11. The summed E-state index contributed by atoms with van der Waals surface area (Å²) in [4.78, 5) is 14.6. The molecule has 0 amide bonds. The first-order valence-corrected chi connectivity index (χ1v) is 4.06. The highest BCUT2D eigenvalue weighted by atomic mass is 16.5. The summed E-state index contributed by atoms with van der Waals surface area (Å²) in [6, 6.07) is 5.18. The second-order valence-corrected chi connectivity index (χ2v) is 3.07. The summed E-state index contributed by atoms with van der Waals surface area (Å²) < 4.78 is 5.26.